The fourth-order valence-electron chi connectivity index (χ4n) is 3.42. The van der Waals surface area contributed by atoms with Gasteiger partial charge in [-0.2, -0.15) is 10.1 Å². The Morgan fingerprint density at radius 2 is 2.25 bits per heavy atom. The average molecular weight is 325 g/mol. The number of benzene rings is 1. The lowest BCUT2D eigenvalue weighted by Crippen LogP contribution is -2.34. The minimum atomic E-state index is -0.160. The van der Waals surface area contributed by atoms with E-state index in [1.54, 1.807) is 7.11 Å². The molecule has 7 nitrogen and oxygen atoms in total. The molecule has 0 bridgehead atoms. The molecule has 0 amide bonds. The van der Waals surface area contributed by atoms with Crippen molar-refractivity contribution in [2.75, 3.05) is 18.6 Å². The molecular formula is C17H19N5O2. The van der Waals surface area contributed by atoms with E-state index in [4.69, 9.17) is 4.74 Å². The minimum Gasteiger partial charge on any atom is -0.496 e. The van der Waals surface area contributed by atoms with Crippen LogP contribution in [0, 0.1) is 0 Å². The van der Waals surface area contributed by atoms with Gasteiger partial charge in [0.1, 0.15) is 11.1 Å². The second-order valence-electron chi connectivity index (χ2n) is 6.03. The summed E-state index contributed by atoms with van der Waals surface area (Å²) in [7, 11) is 1.69. The Balaban J connectivity index is 1.65. The molecule has 1 aliphatic rings. The van der Waals surface area contributed by atoms with E-state index in [-0.39, 0.29) is 11.6 Å². The minimum absolute atomic E-state index is 0.160. The standard InChI is InChI=1S/C17H19N5O2/c1-24-14-7-3-2-5-11(14)9-12-6-4-8-22(12)17-19-15-13(10-18-21-15)16(23)20-17/h2-3,5,7,10,12H,4,6,8-9H2,1H3,(H2,18,19,20,21,23)/t12-/m0/s1. The largest absolute Gasteiger partial charge is 0.496 e. The van der Waals surface area contributed by atoms with Crippen LogP contribution in [0.15, 0.2) is 35.3 Å². The summed E-state index contributed by atoms with van der Waals surface area (Å²) < 4.78 is 5.46. The number of aromatic nitrogens is 4. The van der Waals surface area contributed by atoms with Crippen molar-refractivity contribution in [3.8, 4) is 5.75 Å². The Labute approximate surface area is 138 Å². The monoisotopic (exact) mass is 325 g/mol. The van der Waals surface area contributed by atoms with Gasteiger partial charge >= 0.3 is 0 Å². The lowest BCUT2D eigenvalue weighted by Gasteiger charge is -2.25. The number of rotatable bonds is 4. The first-order valence-corrected chi connectivity index (χ1v) is 8.08. The molecule has 2 N–H and O–H groups in total. The van der Waals surface area contributed by atoms with Crippen LogP contribution in [0.25, 0.3) is 11.0 Å². The molecule has 124 valence electrons. The zero-order valence-corrected chi connectivity index (χ0v) is 13.5. The summed E-state index contributed by atoms with van der Waals surface area (Å²) >= 11 is 0. The van der Waals surface area contributed by atoms with Gasteiger partial charge in [0.25, 0.3) is 5.56 Å². The first-order valence-electron chi connectivity index (χ1n) is 8.08. The van der Waals surface area contributed by atoms with Crippen molar-refractivity contribution in [2.24, 2.45) is 0 Å². The lowest BCUT2D eigenvalue weighted by atomic mass is 10.0. The van der Waals surface area contributed by atoms with Crippen molar-refractivity contribution in [3.63, 3.8) is 0 Å². The van der Waals surface area contributed by atoms with Gasteiger partial charge in [-0.3, -0.25) is 14.9 Å². The maximum atomic E-state index is 12.2. The summed E-state index contributed by atoms with van der Waals surface area (Å²) in [4.78, 5) is 21.8. The van der Waals surface area contributed by atoms with Crippen molar-refractivity contribution in [2.45, 2.75) is 25.3 Å². The Morgan fingerprint density at radius 1 is 1.38 bits per heavy atom. The number of para-hydroxylation sites is 1. The first-order chi connectivity index (χ1) is 11.8. The number of hydrogen-bond acceptors (Lipinski definition) is 5. The summed E-state index contributed by atoms with van der Waals surface area (Å²) in [6.45, 7) is 0.877. The summed E-state index contributed by atoms with van der Waals surface area (Å²) in [6, 6.07) is 8.34. The van der Waals surface area contributed by atoms with E-state index >= 15 is 0 Å². The smallest absolute Gasteiger partial charge is 0.263 e. The quantitative estimate of drug-likeness (QED) is 0.764. The number of H-pyrrole nitrogens is 2. The Hall–Kier alpha value is -2.83. The van der Waals surface area contributed by atoms with Crippen LogP contribution in [0.5, 0.6) is 5.75 Å². The Kier molecular flexibility index (Phi) is 3.68. The van der Waals surface area contributed by atoms with E-state index in [9.17, 15) is 4.79 Å². The molecule has 3 heterocycles. The topological polar surface area (TPSA) is 86.9 Å². The summed E-state index contributed by atoms with van der Waals surface area (Å²) in [5, 5.41) is 7.16. The Morgan fingerprint density at radius 3 is 3.12 bits per heavy atom. The number of ether oxygens (including phenoxy) is 1. The maximum Gasteiger partial charge on any atom is 0.263 e. The van der Waals surface area contributed by atoms with Gasteiger partial charge in [-0.25, -0.2) is 0 Å². The van der Waals surface area contributed by atoms with Gasteiger partial charge in [-0.05, 0) is 30.9 Å². The summed E-state index contributed by atoms with van der Waals surface area (Å²) in [6.07, 6.45) is 4.49. The van der Waals surface area contributed by atoms with Gasteiger partial charge in [0, 0.05) is 12.6 Å². The molecule has 24 heavy (non-hydrogen) atoms. The number of anilines is 1. The third kappa shape index (κ3) is 2.51. The first kappa shape index (κ1) is 14.7. The SMILES string of the molecule is COc1ccccc1C[C@@H]1CCCN1c1nc2[nH]ncc2c(=O)[nH]1. The third-order valence-electron chi connectivity index (χ3n) is 4.60. The van der Waals surface area contributed by atoms with Crippen LogP contribution in [0.2, 0.25) is 0 Å². The van der Waals surface area contributed by atoms with Gasteiger partial charge in [0.05, 0.1) is 13.3 Å². The van der Waals surface area contributed by atoms with Crippen molar-refractivity contribution >= 4 is 17.0 Å². The Bertz CT molecular complexity index is 916. The molecule has 1 fully saturated rings. The van der Waals surface area contributed by atoms with E-state index in [1.807, 2.05) is 18.2 Å². The van der Waals surface area contributed by atoms with Crippen molar-refractivity contribution in [1.29, 1.82) is 0 Å². The van der Waals surface area contributed by atoms with Crippen LogP contribution in [0.1, 0.15) is 18.4 Å². The van der Waals surface area contributed by atoms with Gasteiger partial charge < -0.3 is 9.64 Å². The number of methoxy groups -OCH3 is 1. The lowest BCUT2D eigenvalue weighted by molar-refractivity contribution is 0.407. The van der Waals surface area contributed by atoms with E-state index < -0.39 is 0 Å². The molecule has 1 saturated heterocycles. The molecule has 0 unspecified atom stereocenters. The highest BCUT2D eigenvalue weighted by molar-refractivity contribution is 5.73. The molecule has 2 aromatic heterocycles. The second kappa shape index (κ2) is 5.99. The van der Waals surface area contributed by atoms with Gasteiger partial charge in [-0.1, -0.05) is 18.2 Å². The van der Waals surface area contributed by atoms with Gasteiger partial charge in [-0.15, -0.1) is 0 Å². The molecule has 0 aliphatic carbocycles. The molecule has 3 aromatic rings. The predicted molar refractivity (Wildman–Crippen MR) is 91.6 cm³/mol. The molecule has 7 heteroatoms. The van der Waals surface area contributed by atoms with E-state index in [0.29, 0.717) is 17.0 Å². The number of nitrogens with one attached hydrogen (secondary N) is 2. The molecule has 0 saturated carbocycles. The van der Waals surface area contributed by atoms with Crippen molar-refractivity contribution in [1.82, 2.24) is 20.2 Å². The van der Waals surface area contributed by atoms with Crippen LogP contribution in [-0.4, -0.2) is 39.9 Å². The molecule has 0 spiro atoms. The maximum absolute atomic E-state index is 12.2. The van der Waals surface area contributed by atoms with Gasteiger partial charge in [0.2, 0.25) is 5.95 Å². The van der Waals surface area contributed by atoms with Crippen LogP contribution >= 0.6 is 0 Å². The van der Waals surface area contributed by atoms with Gasteiger partial charge in [0.15, 0.2) is 5.65 Å². The van der Waals surface area contributed by atoms with E-state index in [1.165, 1.54) is 11.8 Å². The normalized spacial score (nSPS) is 17.5. The van der Waals surface area contributed by atoms with E-state index in [2.05, 4.69) is 31.1 Å². The average Bonchev–Trinajstić information content (AvgIpc) is 3.24. The summed E-state index contributed by atoms with van der Waals surface area (Å²) in [5.41, 5.74) is 1.53. The fourth-order valence-corrected chi connectivity index (χ4v) is 3.42. The number of fused-ring (bicyclic) bond motifs is 1. The molecule has 1 aliphatic heterocycles. The van der Waals surface area contributed by atoms with Crippen molar-refractivity contribution < 1.29 is 4.74 Å². The molecule has 0 radical (unpaired) electrons. The number of aromatic amines is 2. The van der Waals surface area contributed by atoms with E-state index in [0.717, 1.165) is 31.6 Å². The molecule has 1 aromatic carbocycles. The molecule has 1 atom stereocenters. The second-order valence-corrected chi connectivity index (χ2v) is 6.03. The summed E-state index contributed by atoms with van der Waals surface area (Å²) in [5.74, 6) is 1.50. The van der Waals surface area contributed by atoms with Crippen molar-refractivity contribution in [3.05, 3.63) is 46.4 Å². The fraction of sp³-hybridized carbons (Fsp3) is 0.353. The highest BCUT2D eigenvalue weighted by atomic mass is 16.5. The van der Waals surface area contributed by atoms with Crippen LogP contribution in [0.3, 0.4) is 0 Å². The highest BCUT2D eigenvalue weighted by Gasteiger charge is 2.28. The molecule has 4 rings (SSSR count). The van der Waals surface area contributed by atoms with Crippen LogP contribution in [0.4, 0.5) is 5.95 Å². The third-order valence-corrected chi connectivity index (χ3v) is 4.60. The van der Waals surface area contributed by atoms with Crippen LogP contribution < -0.4 is 15.2 Å². The number of nitrogens with zero attached hydrogens (tertiary/aromatic N) is 3. The number of hydrogen-bond donors (Lipinski definition) is 2. The van der Waals surface area contributed by atoms with Crippen LogP contribution in [-0.2, 0) is 6.42 Å². The molecular weight excluding hydrogens is 306 g/mol. The highest BCUT2D eigenvalue weighted by Crippen LogP contribution is 2.28. The zero-order valence-electron chi connectivity index (χ0n) is 13.5. The predicted octanol–water partition coefficient (Wildman–Crippen LogP) is 1.87. The zero-order chi connectivity index (χ0) is 16.5.